The van der Waals surface area contributed by atoms with Crippen molar-refractivity contribution < 1.29 is 4.52 Å². The maximum Gasteiger partial charge on any atom is 0.156 e. The molecule has 0 fully saturated rings. The standard InChI is InChI=1S/C14H21N3O/c1-3-7-15-14(4-2)12-6-9-17(10-12)11-13-5-8-16-18-13/h5-6,8-10,14-15H,3-4,7,11H2,1-2H3. The van der Waals surface area contributed by atoms with Gasteiger partial charge in [-0.25, -0.2) is 0 Å². The van der Waals surface area contributed by atoms with Gasteiger partial charge in [-0.3, -0.25) is 0 Å². The maximum atomic E-state index is 5.11. The van der Waals surface area contributed by atoms with Crippen LogP contribution in [0.25, 0.3) is 0 Å². The molecule has 18 heavy (non-hydrogen) atoms. The summed E-state index contributed by atoms with van der Waals surface area (Å²) in [5, 5.41) is 7.27. The topological polar surface area (TPSA) is 43.0 Å². The van der Waals surface area contributed by atoms with Crippen molar-refractivity contribution >= 4 is 0 Å². The van der Waals surface area contributed by atoms with E-state index < -0.39 is 0 Å². The Kier molecular flexibility index (Phi) is 4.59. The molecular formula is C14H21N3O. The van der Waals surface area contributed by atoms with E-state index in [2.05, 4.69) is 47.3 Å². The van der Waals surface area contributed by atoms with Gasteiger partial charge < -0.3 is 14.4 Å². The van der Waals surface area contributed by atoms with Crippen LogP contribution < -0.4 is 5.32 Å². The Bertz CT molecular complexity index is 447. The molecule has 1 unspecified atom stereocenters. The Morgan fingerprint density at radius 1 is 1.39 bits per heavy atom. The Morgan fingerprint density at radius 3 is 2.94 bits per heavy atom. The van der Waals surface area contributed by atoms with Crippen LogP contribution in [0.1, 0.15) is 44.1 Å². The molecule has 0 saturated carbocycles. The summed E-state index contributed by atoms with van der Waals surface area (Å²) < 4.78 is 7.24. The summed E-state index contributed by atoms with van der Waals surface area (Å²) in [5.41, 5.74) is 1.34. The average molecular weight is 247 g/mol. The lowest BCUT2D eigenvalue weighted by Gasteiger charge is -2.14. The maximum absolute atomic E-state index is 5.11. The van der Waals surface area contributed by atoms with Gasteiger partial charge in [0.1, 0.15) is 0 Å². The minimum Gasteiger partial charge on any atom is -0.359 e. The quantitative estimate of drug-likeness (QED) is 0.818. The summed E-state index contributed by atoms with van der Waals surface area (Å²) >= 11 is 0. The molecule has 2 aromatic rings. The second-order valence-corrected chi connectivity index (χ2v) is 4.51. The van der Waals surface area contributed by atoms with Crippen LogP contribution in [-0.2, 0) is 6.54 Å². The first-order chi connectivity index (χ1) is 8.83. The number of aromatic nitrogens is 2. The van der Waals surface area contributed by atoms with Crippen LogP contribution in [0.5, 0.6) is 0 Å². The first kappa shape index (κ1) is 12.9. The van der Waals surface area contributed by atoms with Crippen LogP contribution in [-0.4, -0.2) is 16.3 Å². The van der Waals surface area contributed by atoms with Crippen molar-refractivity contribution in [1.82, 2.24) is 15.0 Å². The van der Waals surface area contributed by atoms with Crippen molar-refractivity contribution in [2.75, 3.05) is 6.54 Å². The summed E-state index contributed by atoms with van der Waals surface area (Å²) in [5.74, 6) is 0.881. The van der Waals surface area contributed by atoms with Crippen molar-refractivity contribution in [3.8, 4) is 0 Å². The van der Waals surface area contributed by atoms with Gasteiger partial charge in [-0.2, -0.15) is 0 Å². The lowest BCUT2D eigenvalue weighted by atomic mass is 10.1. The predicted octanol–water partition coefficient (Wildman–Crippen LogP) is 2.98. The number of nitrogens with one attached hydrogen (secondary N) is 1. The largest absolute Gasteiger partial charge is 0.359 e. The molecule has 4 heteroatoms. The highest BCUT2D eigenvalue weighted by Crippen LogP contribution is 2.17. The minimum atomic E-state index is 0.445. The van der Waals surface area contributed by atoms with E-state index in [-0.39, 0.29) is 0 Å². The fourth-order valence-corrected chi connectivity index (χ4v) is 2.08. The predicted molar refractivity (Wildman–Crippen MR) is 71.4 cm³/mol. The summed E-state index contributed by atoms with van der Waals surface area (Å²) in [7, 11) is 0. The van der Waals surface area contributed by atoms with Gasteiger partial charge in [0.15, 0.2) is 5.76 Å². The summed E-state index contributed by atoms with van der Waals surface area (Å²) in [6.45, 7) is 6.20. The molecule has 0 bridgehead atoms. The second-order valence-electron chi connectivity index (χ2n) is 4.51. The molecule has 0 aliphatic rings. The van der Waals surface area contributed by atoms with Crippen LogP contribution >= 0.6 is 0 Å². The molecule has 0 aromatic carbocycles. The molecule has 4 nitrogen and oxygen atoms in total. The van der Waals surface area contributed by atoms with Crippen LogP contribution in [0.3, 0.4) is 0 Å². The molecule has 2 aromatic heterocycles. The minimum absolute atomic E-state index is 0.445. The summed E-state index contributed by atoms with van der Waals surface area (Å²) in [6, 6.07) is 4.51. The van der Waals surface area contributed by atoms with Gasteiger partial charge in [0.05, 0.1) is 12.7 Å². The molecule has 2 heterocycles. The monoisotopic (exact) mass is 247 g/mol. The Hall–Kier alpha value is -1.55. The normalized spacial score (nSPS) is 12.8. The smallest absolute Gasteiger partial charge is 0.156 e. The SMILES string of the molecule is CCCNC(CC)c1ccn(Cc2ccno2)c1. The highest BCUT2D eigenvalue weighted by molar-refractivity contribution is 5.16. The molecule has 0 aliphatic carbocycles. The summed E-state index contributed by atoms with van der Waals surface area (Å²) in [4.78, 5) is 0. The van der Waals surface area contributed by atoms with Gasteiger partial charge in [-0.05, 0) is 31.0 Å². The zero-order chi connectivity index (χ0) is 12.8. The van der Waals surface area contributed by atoms with Gasteiger partial charge >= 0.3 is 0 Å². The number of hydrogen-bond donors (Lipinski definition) is 1. The lowest BCUT2D eigenvalue weighted by Crippen LogP contribution is -2.21. The molecule has 1 N–H and O–H groups in total. The van der Waals surface area contributed by atoms with E-state index in [4.69, 9.17) is 4.52 Å². The van der Waals surface area contributed by atoms with Gasteiger partial charge in [0.25, 0.3) is 0 Å². The van der Waals surface area contributed by atoms with E-state index in [1.165, 1.54) is 5.56 Å². The first-order valence-electron chi connectivity index (χ1n) is 6.62. The highest BCUT2D eigenvalue weighted by Gasteiger charge is 2.09. The third kappa shape index (κ3) is 3.23. The van der Waals surface area contributed by atoms with Gasteiger partial charge in [0.2, 0.25) is 0 Å². The average Bonchev–Trinajstić information content (AvgIpc) is 3.03. The van der Waals surface area contributed by atoms with E-state index >= 15 is 0 Å². The molecule has 0 amide bonds. The second kappa shape index (κ2) is 6.40. The number of hydrogen-bond acceptors (Lipinski definition) is 3. The van der Waals surface area contributed by atoms with E-state index in [1.807, 2.05) is 6.07 Å². The third-order valence-corrected chi connectivity index (χ3v) is 3.05. The molecule has 2 rings (SSSR count). The van der Waals surface area contributed by atoms with Gasteiger partial charge in [-0.15, -0.1) is 0 Å². The molecule has 0 spiro atoms. The zero-order valence-electron chi connectivity index (χ0n) is 11.1. The van der Waals surface area contributed by atoms with Gasteiger partial charge in [0, 0.05) is 24.5 Å². The van der Waals surface area contributed by atoms with Crippen LogP contribution in [0, 0.1) is 0 Å². The third-order valence-electron chi connectivity index (χ3n) is 3.05. The van der Waals surface area contributed by atoms with E-state index in [9.17, 15) is 0 Å². The van der Waals surface area contributed by atoms with Crippen LogP contribution in [0.4, 0.5) is 0 Å². The Labute approximate surface area is 108 Å². The summed E-state index contributed by atoms with van der Waals surface area (Å²) in [6.07, 6.45) is 8.21. The fourth-order valence-electron chi connectivity index (χ4n) is 2.08. The molecule has 0 radical (unpaired) electrons. The van der Waals surface area contributed by atoms with E-state index in [0.29, 0.717) is 6.04 Å². The van der Waals surface area contributed by atoms with Crippen LogP contribution in [0.2, 0.25) is 0 Å². The molecule has 98 valence electrons. The zero-order valence-corrected chi connectivity index (χ0v) is 11.1. The van der Waals surface area contributed by atoms with Crippen molar-refractivity contribution in [3.63, 3.8) is 0 Å². The molecule has 0 saturated heterocycles. The van der Waals surface area contributed by atoms with Crippen molar-refractivity contribution in [2.45, 2.75) is 39.3 Å². The number of nitrogens with zero attached hydrogens (tertiary/aromatic N) is 2. The van der Waals surface area contributed by atoms with Crippen molar-refractivity contribution in [1.29, 1.82) is 0 Å². The Balaban J connectivity index is 1.99. The molecule has 0 aliphatic heterocycles. The Morgan fingerprint density at radius 2 is 2.28 bits per heavy atom. The van der Waals surface area contributed by atoms with Crippen molar-refractivity contribution in [3.05, 3.63) is 42.0 Å². The van der Waals surface area contributed by atoms with Crippen LogP contribution in [0.15, 0.2) is 35.2 Å². The van der Waals surface area contributed by atoms with Gasteiger partial charge in [-0.1, -0.05) is 19.0 Å². The molecular weight excluding hydrogens is 226 g/mol. The van der Waals surface area contributed by atoms with E-state index in [1.54, 1.807) is 6.20 Å². The lowest BCUT2D eigenvalue weighted by molar-refractivity contribution is 0.376. The molecule has 1 atom stereocenters. The number of rotatable bonds is 7. The van der Waals surface area contributed by atoms with Crippen molar-refractivity contribution in [2.24, 2.45) is 0 Å². The first-order valence-corrected chi connectivity index (χ1v) is 6.62. The highest BCUT2D eigenvalue weighted by atomic mass is 16.5. The van der Waals surface area contributed by atoms with E-state index in [0.717, 1.165) is 31.7 Å². The fraction of sp³-hybridized carbons (Fsp3) is 0.500.